The van der Waals surface area contributed by atoms with Gasteiger partial charge in [-0.1, -0.05) is 0 Å². The molecule has 0 aromatic carbocycles. The van der Waals surface area contributed by atoms with Gasteiger partial charge in [0.2, 0.25) is 5.91 Å². The summed E-state index contributed by atoms with van der Waals surface area (Å²) in [6.07, 6.45) is 1.57. The van der Waals surface area contributed by atoms with Crippen molar-refractivity contribution in [3.05, 3.63) is 0 Å². The van der Waals surface area contributed by atoms with Crippen molar-refractivity contribution in [3.63, 3.8) is 0 Å². The maximum Gasteiger partial charge on any atom is 0.309 e. The van der Waals surface area contributed by atoms with Gasteiger partial charge in [0.05, 0.1) is 32.2 Å². The Kier molecular flexibility index (Phi) is 7.73. The molecule has 1 aliphatic heterocycles. The van der Waals surface area contributed by atoms with Crippen LogP contribution in [0.5, 0.6) is 0 Å². The Morgan fingerprint density at radius 2 is 1.67 bits per heavy atom. The summed E-state index contributed by atoms with van der Waals surface area (Å²) in [5, 5.41) is 0. The Morgan fingerprint density at radius 3 is 2.11 bits per heavy atom. The number of morpholine rings is 1. The molecule has 0 spiro atoms. The van der Waals surface area contributed by atoms with Crippen LogP contribution in [0, 0.1) is 11.8 Å². The largest absolute Gasteiger partial charge is 0.469 e. The van der Waals surface area contributed by atoms with Crippen molar-refractivity contribution in [2.24, 2.45) is 11.8 Å². The standard InChI is InChI=1S/C11H17NO4.2H2S/c1-15-11(14)9-3-2-8(9)10(13)12-4-6-16-7-5-12;;/h8-9H,2-7H2,1H3;2*1H2/t8-,9-;;/m0../s1. The molecule has 2 atom stereocenters. The van der Waals surface area contributed by atoms with E-state index in [0.29, 0.717) is 26.3 Å². The van der Waals surface area contributed by atoms with Gasteiger partial charge in [0.1, 0.15) is 0 Å². The third kappa shape index (κ3) is 3.55. The van der Waals surface area contributed by atoms with Gasteiger partial charge in [0, 0.05) is 13.1 Å². The van der Waals surface area contributed by atoms with Gasteiger partial charge in [0.25, 0.3) is 0 Å². The highest BCUT2D eigenvalue weighted by Crippen LogP contribution is 2.36. The molecule has 0 N–H and O–H groups in total. The Morgan fingerprint density at radius 1 is 1.11 bits per heavy atom. The highest BCUT2D eigenvalue weighted by molar-refractivity contribution is 7.59. The first-order valence-corrected chi connectivity index (χ1v) is 5.68. The van der Waals surface area contributed by atoms with Gasteiger partial charge in [-0.2, -0.15) is 27.0 Å². The molecule has 0 unspecified atom stereocenters. The molecule has 1 heterocycles. The van der Waals surface area contributed by atoms with Crippen LogP contribution in [0.3, 0.4) is 0 Å². The first-order chi connectivity index (χ1) is 7.74. The summed E-state index contributed by atoms with van der Waals surface area (Å²) in [5.41, 5.74) is 0. The molecule has 1 aliphatic carbocycles. The molecule has 2 fully saturated rings. The lowest BCUT2D eigenvalue weighted by Crippen LogP contribution is -2.49. The highest BCUT2D eigenvalue weighted by atomic mass is 32.1. The Bertz CT molecular complexity index is 295. The number of methoxy groups -OCH3 is 1. The van der Waals surface area contributed by atoms with Gasteiger partial charge in [-0.25, -0.2) is 0 Å². The van der Waals surface area contributed by atoms with Crippen LogP contribution in [0.2, 0.25) is 0 Å². The number of hydrogen-bond acceptors (Lipinski definition) is 4. The van der Waals surface area contributed by atoms with E-state index in [2.05, 4.69) is 4.74 Å². The second-order valence-electron chi connectivity index (χ2n) is 4.25. The minimum atomic E-state index is -0.252. The van der Waals surface area contributed by atoms with Gasteiger partial charge in [-0.05, 0) is 12.8 Å². The van der Waals surface area contributed by atoms with Crippen LogP contribution in [0.4, 0.5) is 0 Å². The molecule has 18 heavy (non-hydrogen) atoms. The van der Waals surface area contributed by atoms with E-state index in [1.807, 2.05) is 0 Å². The van der Waals surface area contributed by atoms with E-state index in [9.17, 15) is 9.59 Å². The summed E-state index contributed by atoms with van der Waals surface area (Å²) in [7, 11) is 1.37. The fourth-order valence-electron chi connectivity index (χ4n) is 2.25. The summed E-state index contributed by atoms with van der Waals surface area (Å²) >= 11 is 0. The molecular weight excluding hydrogens is 274 g/mol. The van der Waals surface area contributed by atoms with E-state index in [1.54, 1.807) is 4.90 Å². The van der Waals surface area contributed by atoms with E-state index >= 15 is 0 Å². The van der Waals surface area contributed by atoms with Crippen LogP contribution in [-0.4, -0.2) is 50.2 Å². The Labute approximate surface area is 121 Å². The maximum atomic E-state index is 12.1. The number of esters is 1. The maximum absolute atomic E-state index is 12.1. The SMILES string of the molecule is COC(=O)[C@H]1CC[C@@H]1C(=O)N1CCOCC1.S.S. The first-order valence-electron chi connectivity index (χ1n) is 5.68. The molecule has 0 aromatic heterocycles. The summed E-state index contributed by atoms with van der Waals surface area (Å²) in [5.74, 6) is -0.547. The number of ether oxygens (including phenoxy) is 2. The lowest BCUT2D eigenvalue weighted by Gasteiger charge is -2.38. The zero-order valence-corrected chi connectivity index (χ0v) is 12.5. The molecule has 1 saturated carbocycles. The first kappa shape index (κ1) is 17.6. The molecule has 2 aliphatic rings. The minimum absolute atomic E-state index is 0. The van der Waals surface area contributed by atoms with Crippen LogP contribution < -0.4 is 0 Å². The summed E-state index contributed by atoms with van der Waals surface area (Å²) < 4.78 is 9.88. The molecule has 1 saturated heterocycles. The zero-order chi connectivity index (χ0) is 11.5. The molecule has 5 nitrogen and oxygen atoms in total. The smallest absolute Gasteiger partial charge is 0.309 e. The molecule has 7 heteroatoms. The van der Waals surface area contributed by atoms with E-state index < -0.39 is 0 Å². The van der Waals surface area contributed by atoms with Crippen molar-refractivity contribution in [3.8, 4) is 0 Å². The molecule has 0 radical (unpaired) electrons. The number of nitrogens with zero attached hydrogens (tertiary/aromatic N) is 1. The van der Waals surface area contributed by atoms with E-state index in [1.165, 1.54) is 7.11 Å². The molecule has 0 aromatic rings. The molecular formula is C11H21NO4S2. The fraction of sp³-hybridized carbons (Fsp3) is 0.818. The monoisotopic (exact) mass is 295 g/mol. The lowest BCUT2D eigenvalue weighted by atomic mass is 9.73. The quantitative estimate of drug-likeness (QED) is 0.686. The number of hydrogen-bond donors (Lipinski definition) is 0. The van der Waals surface area contributed by atoms with Gasteiger partial charge < -0.3 is 14.4 Å². The molecule has 2 rings (SSSR count). The van der Waals surface area contributed by atoms with Crippen molar-refractivity contribution in [1.82, 2.24) is 4.90 Å². The van der Waals surface area contributed by atoms with Crippen molar-refractivity contribution >= 4 is 38.9 Å². The van der Waals surface area contributed by atoms with Crippen LogP contribution >= 0.6 is 27.0 Å². The number of carbonyl (C=O) groups excluding carboxylic acids is 2. The van der Waals surface area contributed by atoms with Crippen molar-refractivity contribution in [2.45, 2.75) is 12.8 Å². The highest BCUT2D eigenvalue weighted by Gasteiger charge is 2.43. The third-order valence-electron chi connectivity index (χ3n) is 3.42. The predicted octanol–water partition coefficient (Wildman–Crippen LogP) is 0.270. The zero-order valence-electron chi connectivity index (χ0n) is 10.5. The van der Waals surface area contributed by atoms with Gasteiger partial charge in [-0.3, -0.25) is 9.59 Å². The second-order valence-corrected chi connectivity index (χ2v) is 4.25. The molecule has 0 bridgehead atoms. The number of carbonyl (C=O) groups is 2. The van der Waals surface area contributed by atoms with E-state index in [0.717, 1.165) is 12.8 Å². The normalized spacial score (nSPS) is 26.2. The van der Waals surface area contributed by atoms with Crippen LogP contribution in [0.15, 0.2) is 0 Å². The van der Waals surface area contributed by atoms with Gasteiger partial charge >= 0.3 is 5.97 Å². The fourth-order valence-corrected chi connectivity index (χ4v) is 2.25. The molecule has 106 valence electrons. The predicted molar refractivity (Wildman–Crippen MR) is 76.4 cm³/mol. The van der Waals surface area contributed by atoms with E-state index in [4.69, 9.17) is 4.74 Å². The van der Waals surface area contributed by atoms with Gasteiger partial charge in [0.15, 0.2) is 0 Å². The minimum Gasteiger partial charge on any atom is -0.469 e. The van der Waals surface area contributed by atoms with Crippen molar-refractivity contribution < 1.29 is 19.1 Å². The molecule has 1 amide bonds. The van der Waals surface area contributed by atoms with Crippen molar-refractivity contribution in [1.29, 1.82) is 0 Å². The summed E-state index contributed by atoms with van der Waals surface area (Å²) in [4.78, 5) is 25.2. The van der Waals surface area contributed by atoms with Crippen molar-refractivity contribution in [2.75, 3.05) is 33.4 Å². The third-order valence-corrected chi connectivity index (χ3v) is 3.42. The summed E-state index contributed by atoms with van der Waals surface area (Å²) in [6, 6.07) is 0. The Hall–Kier alpha value is -0.400. The summed E-state index contributed by atoms with van der Waals surface area (Å²) in [6.45, 7) is 2.48. The van der Waals surface area contributed by atoms with Crippen LogP contribution in [0.25, 0.3) is 0 Å². The average Bonchev–Trinajstić information content (AvgIpc) is 2.28. The van der Waals surface area contributed by atoms with E-state index in [-0.39, 0.29) is 50.7 Å². The Balaban J connectivity index is 0.00000144. The number of rotatable bonds is 2. The average molecular weight is 295 g/mol. The van der Waals surface area contributed by atoms with Crippen LogP contribution in [-0.2, 0) is 19.1 Å². The van der Waals surface area contributed by atoms with Crippen LogP contribution in [0.1, 0.15) is 12.8 Å². The topological polar surface area (TPSA) is 55.8 Å². The van der Waals surface area contributed by atoms with Gasteiger partial charge in [-0.15, -0.1) is 0 Å². The lowest BCUT2D eigenvalue weighted by molar-refractivity contribution is -0.160. The second kappa shape index (κ2) is 7.91. The number of amides is 1.